The van der Waals surface area contributed by atoms with E-state index in [0.717, 1.165) is 0 Å². The van der Waals surface area contributed by atoms with Gasteiger partial charge in [0.15, 0.2) is 0 Å². The lowest BCUT2D eigenvalue weighted by Gasteiger charge is -2.14. The molecule has 0 radical (unpaired) electrons. The van der Waals surface area contributed by atoms with E-state index in [1.165, 1.54) is 11.8 Å². The maximum atomic E-state index is 11.6. The maximum absolute atomic E-state index is 11.6. The van der Waals surface area contributed by atoms with Gasteiger partial charge in [-0.3, -0.25) is 0 Å². The highest BCUT2D eigenvalue weighted by Gasteiger charge is 2.18. The number of thioether (sulfide) groups is 1. The van der Waals surface area contributed by atoms with Crippen LogP contribution in [-0.4, -0.2) is 35.2 Å². The van der Waals surface area contributed by atoms with Crippen molar-refractivity contribution in [1.29, 1.82) is 0 Å². The molecule has 0 aliphatic carbocycles. The molecule has 0 heterocycles. The second-order valence-corrected chi connectivity index (χ2v) is 4.80. The van der Waals surface area contributed by atoms with Gasteiger partial charge in [0.1, 0.15) is 6.04 Å². The Morgan fingerprint density at radius 3 is 2.50 bits per heavy atom. The minimum Gasteiger partial charge on any atom is -0.480 e. The Morgan fingerprint density at radius 2 is 2.00 bits per heavy atom. The number of hydrogen-bond donors (Lipinski definition) is 3. The number of rotatable bonds is 5. The third-order valence-electron chi connectivity index (χ3n) is 2.04. The van der Waals surface area contributed by atoms with Gasteiger partial charge in [-0.1, -0.05) is 11.6 Å². The van der Waals surface area contributed by atoms with Gasteiger partial charge in [0, 0.05) is 16.5 Å². The standard InChI is InChI=1S/C11H13ClN2O3S/c1-18-6-9(10(15)16)14-11(17)13-8-4-2-7(12)3-5-8/h2-5,9H,6H2,1H3,(H,15,16)(H2,13,14,17)/t9-/m1/s1. The molecule has 0 bridgehead atoms. The minimum atomic E-state index is -1.06. The summed E-state index contributed by atoms with van der Waals surface area (Å²) in [6.45, 7) is 0. The van der Waals surface area contributed by atoms with Gasteiger partial charge in [0.2, 0.25) is 0 Å². The first-order valence-electron chi connectivity index (χ1n) is 5.07. The fourth-order valence-corrected chi connectivity index (χ4v) is 1.89. The summed E-state index contributed by atoms with van der Waals surface area (Å²) >= 11 is 7.05. The average Bonchev–Trinajstić information content (AvgIpc) is 2.31. The van der Waals surface area contributed by atoms with Crippen molar-refractivity contribution in [3.63, 3.8) is 0 Å². The molecule has 0 aliphatic heterocycles. The highest BCUT2D eigenvalue weighted by molar-refractivity contribution is 7.98. The number of benzene rings is 1. The van der Waals surface area contributed by atoms with Crippen molar-refractivity contribution in [3.05, 3.63) is 29.3 Å². The second kappa shape index (κ2) is 7.13. The average molecular weight is 289 g/mol. The van der Waals surface area contributed by atoms with E-state index in [1.807, 2.05) is 0 Å². The van der Waals surface area contributed by atoms with Crippen molar-refractivity contribution in [2.45, 2.75) is 6.04 Å². The molecule has 0 saturated carbocycles. The van der Waals surface area contributed by atoms with E-state index in [4.69, 9.17) is 16.7 Å². The zero-order chi connectivity index (χ0) is 13.5. The molecule has 5 nitrogen and oxygen atoms in total. The quantitative estimate of drug-likeness (QED) is 0.777. The van der Waals surface area contributed by atoms with Gasteiger partial charge < -0.3 is 15.7 Å². The first kappa shape index (κ1) is 14.7. The number of carbonyl (C=O) groups excluding carboxylic acids is 1. The van der Waals surface area contributed by atoms with E-state index in [9.17, 15) is 9.59 Å². The van der Waals surface area contributed by atoms with Crippen LogP contribution in [0.2, 0.25) is 5.02 Å². The number of nitrogens with one attached hydrogen (secondary N) is 2. The molecule has 0 unspecified atom stereocenters. The predicted molar refractivity (Wildman–Crippen MR) is 73.4 cm³/mol. The molecule has 1 rings (SSSR count). The molecule has 0 aromatic heterocycles. The number of halogens is 1. The summed E-state index contributed by atoms with van der Waals surface area (Å²) < 4.78 is 0. The number of anilines is 1. The van der Waals surface area contributed by atoms with Crippen LogP contribution in [0.25, 0.3) is 0 Å². The zero-order valence-electron chi connectivity index (χ0n) is 9.64. The van der Waals surface area contributed by atoms with Gasteiger partial charge in [-0.2, -0.15) is 11.8 Å². The summed E-state index contributed by atoms with van der Waals surface area (Å²) in [7, 11) is 0. The maximum Gasteiger partial charge on any atom is 0.327 e. The Kier molecular flexibility index (Phi) is 5.80. The number of carboxylic acids is 1. The van der Waals surface area contributed by atoms with E-state index in [1.54, 1.807) is 30.5 Å². The SMILES string of the molecule is CSC[C@@H](NC(=O)Nc1ccc(Cl)cc1)C(=O)O. The van der Waals surface area contributed by atoms with Gasteiger partial charge in [-0.05, 0) is 30.5 Å². The highest BCUT2D eigenvalue weighted by atomic mass is 35.5. The summed E-state index contributed by atoms with van der Waals surface area (Å²) in [5, 5.41) is 14.4. The molecular formula is C11H13ClN2O3S. The van der Waals surface area contributed by atoms with Gasteiger partial charge >= 0.3 is 12.0 Å². The Hall–Kier alpha value is -1.40. The molecule has 0 aliphatic rings. The Bertz CT molecular complexity index is 425. The number of aliphatic carboxylic acids is 1. The van der Waals surface area contributed by atoms with Crippen LogP contribution >= 0.6 is 23.4 Å². The molecule has 0 saturated heterocycles. The lowest BCUT2D eigenvalue weighted by molar-refractivity contribution is -0.138. The number of amides is 2. The second-order valence-electron chi connectivity index (χ2n) is 3.45. The minimum absolute atomic E-state index is 0.309. The Balaban J connectivity index is 2.54. The molecule has 7 heteroatoms. The molecule has 0 fully saturated rings. The van der Waals surface area contributed by atoms with Gasteiger partial charge in [0.25, 0.3) is 0 Å². The number of urea groups is 1. The molecule has 1 aromatic carbocycles. The van der Waals surface area contributed by atoms with Crippen molar-refractivity contribution < 1.29 is 14.7 Å². The van der Waals surface area contributed by atoms with Crippen molar-refractivity contribution >= 4 is 41.1 Å². The topological polar surface area (TPSA) is 78.4 Å². The fraction of sp³-hybridized carbons (Fsp3) is 0.273. The van der Waals surface area contributed by atoms with Crippen LogP contribution in [0.4, 0.5) is 10.5 Å². The molecule has 98 valence electrons. The van der Waals surface area contributed by atoms with E-state index >= 15 is 0 Å². The van der Waals surface area contributed by atoms with Crippen LogP contribution in [0.5, 0.6) is 0 Å². The number of carbonyl (C=O) groups is 2. The fourth-order valence-electron chi connectivity index (χ4n) is 1.20. The van der Waals surface area contributed by atoms with Crippen molar-refractivity contribution in [1.82, 2.24) is 5.32 Å². The molecule has 2 amide bonds. The first-order chi connectivity index (χ1) is 8.52. The van der Waals surface area contributed by atoms with Crippen LogP contribution in [0.1, 0.15) is 0 Å². The largest absolute Gasteiger partial charge is 0.480 e. The highest BCUT2D eigenvalue weighted by Crippen LogP contribution is 2.13. The van der Waals surface area contributed by atoms with Crippen LogP contribution in [0.3, 0.4) is 0 Å². The summed E-state index contributed by atoms with van der Waals surface area (Å²) in [6.07, 6.45) is 1.77. The number of hydrogen-bond acceptors (Lipinski definition) is 3. The Labute approximate surface area is 114 Å². The first-order valence-corrected chi connectivity index (χ1v) is 6.85. The lowest BCUT2D eigenvalue weighted by atomic mass is 10.3. The molecule has 1 aromatic rings. The zero-order valence-corrected chi connectivity index (χ0v) is 11.2. The summed E-state index contributed by atoms with van der Waals surface area (Å²) in [5.74, 6) is -0.751. The van der Waals surface area contributed by atoms with Crippen LogP contribution in [0, 0.1) is 0 Å². The van der Waals surface area contributed by atoms with E-state index in [2.05, 4.69) is 10.6 Å². The monoisotopic (exact) mass is 288 g/mol. The third-order valence-corrected chi connectivity index (χ3v) is 2.96. The van der Waals surface area contributed by atoms with E-state index in [-0.39, 0.29) is 0 Å². The molecule has 0 spiro atoms. The van der Waals surface area contributed by atoms with Crippen molar-refractivity contribution in [2.75, 3.05) is 17.3 Å². The third kappa shape index (κ3) is 4.85. The van der Waals surface area contributed by atoms with Gasteiger partial charge in [0.05, 0.1) is 0 Å². The normalized spacial score (nSPS) is 11.7. The lowest BCUT2D eigenvalue weighted by Crippen LogP contribution is -2.44. The molecule has 1 atom stereocenters. The summed E-state index contributed by atoms with van der Waals surface area (Å²) in [5.41, 5.74) is 0.546. The van der Waals surface area contributed by atoms with Crippen LogP contribution < -0.4 is 10.6 Å². The number of carboxylic acid groups (broad SMARTS) is 1. The van der Waals surface area contributed by atoms with Crippen LogP contribution in [-0.2, 0) is 4.79 Å². The molecular weight excluding hydrogens is 276 g/mol. The molecule has 18 heavy (non-hydrogen) atoms. The predicted octanol–water partition coefficient (Wildman–Crippen LogP) is 2.28. The summed E-state index contributed by atoms with van der Waals surface area (Å²) in [6, 6.07) is 5.06. The Morgan fingerprint density at radius 1 is 1.39 bits per heavy atom. The van der Waals surface area contributed by atoms with E-state index in [0.29, 0.717) is 16.5 Å². The summed E-state index contributed by atoms with van der Waals surface area (Å²) in [4.78, 5) is 22.4. The van der Waals surface area contributed by atoms with Crippen molar-refractivity contribution in [2.24, 2.45) is 0 Å². The molecule has 3 N–H and O–H groups in total. The van der Waals surface area contributed by atoms with Crippen molar-refractivity contribution in [3.8, 4) is 0 Å². The van der Waals surface area contributed by atoms with Crippen LogP contribution in [0.15, 0.2) is 24.3 Å². The van der Waals surface area contributed by atoms with Gasteiger partial charge in [-0.25, -0.2) is 9.59 Å². The van der Waals surface area contributed by atoms with Gasteiger partial charge in [-0.15, -0.1) is 0 Å². The smallest absolute Gasteiger partial charge is 0.327 e. The van der Waals surface area contributed by atoms with E-state index < -0.39 is 18.0 Å².